The predicted molar refractivity (Wildman–Crippen MR) is 78.1 cm³/mol. The lowest BCUT2D eigenvalue weighted by molar-refractivity contribution is 0.0939. The number of halogens is 1. The zero-order chi connectivity index (χ0) is 13.9. The van der Waals surface area contributed by atoms with Crippen LogP contribution >= 0.6 is 11.6 Å². The highest BCUT2D eigenvalue weighted by Crippen LogP contribution is 2.44. The van der Waals surface area contributed by atoms with Crippen LogP contribution < -0.4 is 0 Å². The van der Waals surface area contributed by atoms with Crippen LogP contribution in [0.25, 0.3) is 11.2 Å². The molecule has 20 heavy (non-hydrogen) atoms. The van der Waals surface area contributed by atoms with E-state index in [0.29, 0.717) is 18.2 Å². The first-order chi connectivity index (χ1) is 9.63. The Bertz CT molecular complexity index is 666. The van der Waals surface area contributed by atoms with Crippen molar-refractivity contribution in [2.45, 2.75) is 56.7 Å². The van der Waals surface area contributed by atoms with Crippen LogP contribution in [-0.4, -0.2) is 26.7 Å². The Morgan fingerprint density at radius 2 is 2.30 bits per heavy atom. The zero-order valence-electron chi connectivity index (χ0n) is 11.7. The van der Waals surface area contributed by atoms with E-state index < -0.39 is 0 Å². The maximum atomic E-state index is 6.35. The maximum Gasteiger partial charge on any atom is 0.160 e. The molecule has 2 fully saturated rings. The Kier molecular flexibility index (Phi) is 2.79. The van der Waals surface area contributed by atoms with E-state index in [1.807, 2.05) is 20.0 Å². The molecule has 2 saturated heterocycles. The third-order valence-electron chi connectivity index (χ3n) is 4.46. The average molecular weight is 292 g/mol. The molecule has 0 amide bonds. The molecule has 4 rings (SSSR count). The second-order valence-corrected chi connectivity index (χ2v) is 6.64. The summed E-state index contributed by atoms with van der Waals surface area (Å²) in [6.45, 7) is 4.01. The average Bonchev–Trinajstić information content (AvgIpc) is 3.09. The minimum absolute atomic E-state index is 0.122. The molecular weight excluding hydrogens is 274 g/mol. The number of ether oxygens (including phenoxy) is 1. The molecule has 106 valence electrons. The Morgan fingerprint density at radius 3 is 2.95 bits per heavy atom. The molecule has 0 spiro atoms. The summed E-state index contributed by atoms with van der Waals surface area (Å²) >= 11 is 6.35. The van der Waals surface area contributed by atoms with E-state index in [2.05, 4.69) is 15.6 Å². The van der Waals surface area contributed by atoms with Gasteiger partial charge in [0.1, 0.15) is 11.3 Å². The van der Waals surface area contributed by atoms with E-state index in [1.165, 1.54) is 6.42 Å². The number of alkyl halides is 1. The lowest BCUT2D eigenvalue weighted by atomic mass is 9.95. The molecule has 2 aliphatic rings. The number of nitrogens with zero attached hydrogens (tertiary/aromatic N) is 3. The van der Waals surface area contributed by atoms with E-state index in [0.717, 1.165) is 35.4 Å². The number of pyridine rings is 1. The first-order valence-electron chi connectivity index (χ1n) is 7.27. The predicted octanol–water partition coefficient (Wildman–Crippen LogP) is 3.53. The second kappa shape index (κ2) is 4.43. The highest BCUT2D eigenvalue weighted by molar-refractivity contribution is 6.20. The number of hydrogen-bond donors (Lipinski definition) is 0. The van der Waals surface area contributed by atoms with Crippen molar-refractivity contribution in [3.63, 3.8) is 0 Å². The van der Waals surface area contributed by atoms with Crippen LogP contribution in [-0.2, 0) is 4.74 Å². The quantitative estimate of drug-likeness (QED) is 0.795. The fourth-order valence-electron chi connectivity index (χ4n) is 3.59. The lowest BCUT2D eigenvalue weighted by Gasteiger charge is -2.23. The summed E-state index contributed by atoms with van der Waals surface area (Å²) in [5.41, 5.74) is 3.01. The van der Waals surface area contributed by atoms with Gasteiger partial charge in [-0.25, -0.2) is 9.97 Å². The Hall–Kier alpha value is -1.13. The van der Waals surface area contributed by atoms with E-state index in [4.69, 9.17) is 21.3 Å². The summed E-state index contributed by atoms with van der Waals surface area (Å²) in [6.07, 6.45) is 5.99. The fraction of sp³-hybridized carbons (Fsp3) is 0.600. The normalized spacial score (nSPS) is 30.2. The monoisotopic (exact) mass is 291 g/mol. The third kappa shape index (κ3) is 1.78. The van der Waals surface area contributed by atoms with Crippen LogP contribution in [0.4, 0.5) is 0 Å². The molecular formula is C15H18ClN3O. The summed E-state index contributed by atoms with van der Waals surface area (Å²) in [7, 11) is 0. The highest BCUT2D eigenvalue weighted by Gasteiger charge is 2.43. The largest absolute Gasteiger partial charge is 0.373 e. The zero-order valence-corrected chi connectivity index (χ0v) is 12.5. The van der Waals surface area contributed by atoms with Crippen molar-refractivity contribution in [2.75, 3.05) is 0 Å². The molecule has 4 heterocycles. The van der Waals surface area contributed by atoms with E-state index in [1.54, 1.807) is 0 Å². The molecule has 4 atom stereocenters. The number of rotatable bonds is 2. The van der Waals surface area contributed by atoms with E-state index in [9.17, 15) is 0 Å². The van der Waals surface area contributed by atoms with Crippen molar-refractivity contribution in [3.05, 3.63) is 23.7 Å². The smallest absolute Gasteiger partial charge is 0.160 e. The topological polar surface area (TPSA) is 39.9 Å². The van der Waals surface area contributed by atoms with Crippen molar-refractivity contribution in [2.24, 2.45) is 0 Å². The van der Waals surface area contributed by atoms with Gasteiger partial charge in [-0.3, -0.25) is 0 Å². The summed E-state index contributed by atoms with van der Waals surface area (Å²) < 4.78 is 8.23. The molecule has 4 unspecified atom stereocenters. The Labute approximate surface area is 123 Å². The second-order valence-electron chi connectivity index (χ2n) is 5.99. The summed E-state index contributed by atoms with van der Waals surface area (Å²) in [4.78, 5) is 9.31. The van der Waals surface area contributed by atoms with Crippen molar-refractivity contribution >= 4 is 22.8 Å². The van der Waals surface area contributed by atoms with Crippen molar-refractivity contribution in [3.8, 4) is 0 Å². The maximum absolute atomic E-state index is 6.35. The van der Waals surface area contributed by atoms with E-state index >= 15 is 0 Å². The minimum atomic E-state index is -0.122. The number of fused-ring (bicyclic) bond motifs is 3. The molecule has 0 radical (unpaired) electrons. The Balaban J connectivity index is 1.90. The van der Waals surface area contributed by atoms with Crippen LogP contribution in [0.1, 0.15) is 49.0 Å². The van der Waals surface area contributed by atoms with Crippen molar-refractivity contribution in [1.82, 2.24) is 14.5 Å². The van der Waals surface area contributed by atoms with Gasteiger partial charge in [-0.15, -0.1) is 11.6 Å². The van der Waals surface area contributed by atoms with E-state index in [-0.39, 0.29) is 5.38 Å². The van der Waals surface area contributed by atoms with Gasteiger partial charge in [0.15, 0.2) is 5.65 Å². The van der Waals surface area contributed by atoms with Gasteiger partial charge in [0.2, 0.25) is 0 Å². The first kappa shape index (κ1) is 12.6. The summed E-state index contributed by atoms with van der Waals surface area (Å²) in [5, 5.41) is -0.122. The molecule has 2 aliphatic heterocycles. The molecule has 2 bridgehead atoms. The number of aromatic nitrogens is 3. The van der Waals surface area contributed by atoms with Gasteiger partial charge < -0.3 is 9.30 Å². The van der Waals surface area contributed by atoms with Gasteiger partial charge in [0.05, 0.1) is 23.6 Å². The molecule has 2 aromatic rings. The van der Waals surface area contributed by atoms with Gasteiger partial charge in [0.25, 0.3) is 0 Å². The minimum Gasteiger partial charge on any atom is -0.373 e. The fourth-order valence-corrected chi connectivity index (χ4v) is 3.74. The molecule has 5 heteroatoms. The van der Waals surface area contributed by atoms with Crippen LogP contribution in [0.5, 0.6) is 0 Å². The summed E-state index contributed by atoms with van der Waals surface area (Å²) in [5.74, 6) is 0.918. The van der Waals surface area contributed by atoms with Gasteiger partial charge >= 0.3 is 0 Å². The standard InChI is InChI=1S/C15H18ClN3O/c1-8-5-11-15(17-7-8)19(14(18-11)9(2)16)12-6-10-3-4-13(12)20-10/h5,7,9-10,12-13H,3-4,6H2,1-2H3. The summed E-state index contributed by atoms with van der Waals surface area (Å²) in [6, 6.07) is 2.42. The van der Waals surface area contributed by atoms with Crippen LogP contribution in [0.15, 0.2) is 12.3 Å². The van der Waals surface area contributed by atoms with Crippen LogP contribution in [0.3, 0.4) is 0 Å². The molecule has 0 N–H and O–H groups in total. The van der Waals surface area contributed by atoms with Gasteiger partial charge in [-0.05, 0) is 44.7 Å². The SMILES string of the molecule is Cc1cnc2c(c1)nc(C(C)Cl)n2C1CC2CCC1O2. The van der Waals surface area contributed by atoms with Gasteiger partial charge in [0, 0.05) is 6.20 Å². The molecule has 0 aliphatic carbocycles. The number of aryl methyl sites for hydroxylation is 1. The lowest BCUT2D eigenvalue weighted by Crippen LogP contribution is -2.23. The molecule has 0 aromatic carbocycles. The van der Waals surface area contributed by atoms with Gasteiger partial charge in [-0.2, -0.15) is 0 Å². The molecule has 2 aromatic heterocycles. The first-order valence-corrected chi connectivity index (χ1v) is 7.71. The van der Waals surface area contributed by atoms with Crippen molar-refractivity contribution in [1.29, 1.82) is 0 Å². The number of imidazole rings is 1. The highest BCUT2D eigenvalue weighted by atomic mass is 35.5. The molecule has 0 saturated carbocycles. The third-order valence-corrected chi connectivity index (χ3v) is 4.65. The van der Waals surface area contributed by atoms with Crippen LogP contribution in [0.2, 0.25) is 0 Å². The van der Waals surface area contributed by atoms with Crippen LogP contribution in [0, 0.1) is 6.92 Å². The van der Waals surface area contributed by atoms with Gasteiger partial charge in [-0.1, -0.05) is 0 Å². The van der Waals surface area contributed by atoms with Crippen molar-refractivity contribution < 1.29 is 4.74 Å². The number of hydrogen-bond acceptors (Lipinski definition) is 3. The molecule has 4 nitrogen and oxygen atoms in total. The Morgan fingerprint density at radius 1 is 1.45 bits per heavy atom.